The molecule has 2 amide bonds. The van der Waals surface area contributed by atoms with Crippen LogP contribution in [-0.4, -0.2) is 73.5 Å². The molecule has 10 heteroatoms. The predicted molar refractivity (Wildman–Crippen MR) is 101 cm³/mol. The summed E-state index contributed by atoms with van der Waals surface area (Å²) in [7, 11) is -3.46. The molecular weight excluding hydrogens is 388 g/mol. The third kappa shape index (κ3) is 6.22. The van der Waals surface area contributed by atoms with Crippen LogP contribution in [0.4, 0.5) is 0 Å². The quantitative estimate of drug-likeness (QED) is 0.549. The number of carboxylic acids is 1. The van der Waals surface area contributed by atoms with Crippen molar-refractivity contribution in [2.75, 3.05) is 26.0 Å². The highest BCUT2D eigenvalue weighted by molar-refractivity contribution is 7.91. The Labute approximate surface area is 163 Å². The number of hydrogen-bond donors (Lipinski definition) is 2. The van der Waals surface area contributed by atoms with Crippen molar-refractivity contribution in [2.45, 2.75) is 30.6 Å². The second-order valence-electron chi connectivity index (χ2n) is 6.63. The van der Waals surface area contributed by atoms with Gasteiger partial charge < -0.3 is 20.1 Å². The number of sulfone groups is 1. The van der Waals surface area contributed by atoms with E-state index in [1.54, 1.807) is 12.1 Å². The summed E-state index contributed by atoms with van der Waals surface area (Å²) >= 11 is 0. The van der Waals surface area contributed by atoms with Crippen LogP contribution in [0.2, 0.25) is 0 Å². The summed E-state index contributed by atoms with van der Waals surface area (Å²) in [6.07, 6.45) is 1.47. The van der Waals surface area contributed by atoms with Crippen LogP contribution in [0.15, 0.2) is 30.3 Å². The first-order chi connectivity index (χ1) is 13.2. The van der Waals surface area contributed by atoms with E-state index >= 15 is 0 Å². The minimum Gasteiger partial charge on any atom is -0.494 e. The molecule has 154 valence electrons. The Morgan fingerprint density at radius 2 is 1.93 bits per heavy atom. The highest BCUT2D eigenvalue weighted by Gasteiger charge is 2.43. The maximum Gasteiger partial charge on any atom is 0.326 e. The summed E-state index contributed by atoms with van der Waals surface area (Å²) in [4.78, 5) is 36.5. The summed E-state index contributed by atoms with van der Waals surface area (Å²) < 4.78 is 28.8. The minimum atomic E-state index is -3.46. The average Bonchev–Trinajstić information content (AvgIpc) is 3.10. The van der Waals surface area contributed by atoms with E-state index in [0.717, 1.165) is 11.2 Å². The minimum absolute atomic E-state index is 0.147. The van der Waals surface area contributed by atoms with Crippen molar-refractivity contribution < 1.29 is 32.6 Å². The van der Waals surface area contributed by atoms with Crippen molar-refractivity contribution in [1.82, 2.24) is 10.2 Å². The summed E-state index contributed by atoms with van der Waals surface area (Å²) in [6.45, 7) is -0.220. The average molecular weight is 412 g/mol. The standard InChI is InChI=1S/C18H24N2O7S/c1-28(25,26)14-10-15(18(23)24)20(12-14)17(22)11-19-16(21)8-5-9-27-13-6-3-2-4-7-13/h2-4,6-7,14-15H,5,8-12H2,1H3,(H,19,21)(H,23,24)/t14-,15+/m1/s1. The Bertz CT molecular complexity index is 810. The van der Waals surface area contributed by atoms with Crippen LogP contribution in [0.5, 0.6) is 5.75 Å². The molecule has 1 aliphatic heterocycles. The lowest BCUT2D eigenvalue weighted by molar-refractivity contribution is -0.148. The summed E-state index contributed by atoms with van der Waals surface area (Å²) in [5, 5.41) is 10.8. The number of nitrogens with one attached hydrogen (secondary N) is 1. The smallest absolute Gasteiger partial charge is 0.326 e. The first-order valence-corrected chi connectivity index (χ1v) is 10.8. The molecule has 28 heavy (non-hydrogen) atoms. The van der Waals surface area contributed by atoms with Crippen molar-refractivity contribution in [3.05, 3.63) is 30.3 Å². The van der Waals surface area contributed by atoms with Crippen molar-refractivity contribution in [2.24, 2.45) is 0 Å². The van der Waals surface area contributed by atoms with Gasteiger partial charge in [-0.25, -0.2) is 13.2 Å². The molecule has 0 saturated carbocycles. The third-order valence-electron chi connectivity index (χ3n) is 4.47. The number of rotatable bonds is 9. The number of aliphatic carboxylic acids is 1. The molecule has 2 N–H and O–H groups in total. The maximum atomic E-state index is 12.3. The van der Waals surface area contributed by atoms with Crippen LogP contribution in [0.3, 0.4) is 0 Å². The Hall–Kier alpha value is -2.62. The Kier molecular flexibility index (Phi) is 7.38. The van der Waals surface area contributed by atoms with E-state index in [0.29, 0.717) is 18.8 Å². The van der Waals surface area contributed by atoms with Crippen molar-refractivity contribution >= 4 is 27.6 Å². The van der Waals surface area contributed by atoms with Gasteiger partial charge in [-0.1, -0.05) is 18.2 Å². The number of nitrogens with zero attached hydrogens (tertiary/aromatic N) is 1. The van der Waals surface area contributed by atoms with Gasteiger partial charge in [-0.3, -0.25) is 9.59 Å². The number of benzene rings is 1. The van der Waals surface area contributed by atoms with Crippen LogP contribution in [0, 0.1) is 0 Å². The van der Waals surface area contributed by atoms with E-state index < -0.39 is 33.0 Å². The monoisotopic (exact) mass is 412 g/mol. The summed E-state index contributed by atoms with van der Waals surface area (Å²) in [5.74, 6) is -1.54. The number of ether oxygens (including phenoxy) is 1. The van der Waals surface area contributed by atoms with Crippen LogP contribution in [0.25, 0.3) is 0 Å². The molecule has 0 aromatic heterocycles. The lowest BCUT2D eigenvalue weighted by Crippen LogP contribution is -2.45. The number of carbonyl (C=O) groups is 3. The van der Waals surface area contributed by atoms with Gasteiger partial charge in [-0.15, -0.1) is 0 Å². The topological polar surface area (TPSA) is 130 Å². The Morgan fingerprint density at radius 3 is 2.54 bits per heavy atom. The van der Waals surface area contributed by atoms with Crippen LogP contribution >= 0.6 is 0 Å². The molecule has 9 nitrogen and oxygen atoms in total. The van der Waals surface area contributed by atoms with E-state index in [4.69, 9.17) is 4.74 Å². The second-order valence-corrected chi connectivity index (χ2v) is 8.95. The van der Waals surface area contributed by atoms with Gasteiger partial charge in [0.05, 0.1) is 18.4 Å². The van der Waals surface area contributed by atoms with Gasteiger partial charge in [-0.05, 0) is 25.0 Å². The fourth-order valence-electron chi connectivity index (χ4n) is 2.92. The fourth-order valence-corrected chi connectivity index (χ4v) is 3.88. The normalized spacial score (nSPS) is 19.2. The number of carboxylic acid groups (broad SMARTS) is 1. The Morgan fingerprint density at radius 1 is 1.25 bits per heavy atom. The lowest BCUT2D eigenvalue weighted by Gasteiger charge is -2.21. The molecule has 0 spiro atoms. The number of para-hydroxylation sites is 1. The van der Waals surface area contributed by atoms with Gasteiger partial charge in [0.15, 0.2) is 9.84 Å². The van der Waals surface area contributed by atoms with Gasteiger partial charge in [0.1, 0.15) is 11.8 Å². The van der Waals surface area contributed by atoms with Crippen molar-refractivity contribution in [1.29, 1.82) is 0 Å². The second kappa shape index (κ2) is 9.54. The highest BCUT2D eigenvalue weighted by Crippen LogP contribution is 2.23. The van der Waals surface area contributed by atoms with Crippen LogP contribution in [-0.2, 0) is 24.2 Å². The van der Waals surface area contributed by atoms with Crippen LogP contribution in [0.1, 0.15) is 19.3 Å². The van der Waals surface area contributed by atoms with Gasteiger partial charge in [0.25, 0.3) is 0 Å². The largest absolute Gasteiger partial charge is 0.494 e. The molecular formula is C18H24N2O7S. The molecule has 0 radical (unpaired) electrons. The van der Waals surface area contributed by atoms with E-state index in [-0.39, 0.29) is 31.8 Å². The third-order valence-corrected chi connectivity index (χ3v) is 6.02. The Balaban J connectivity index is 1.75. The van der Waals surface area contributed by atoms with Gasteiger partial charge in [-0.2, -0.15) is 0 Å². The summed E-state index contributed by atoms with van der Waals surface area (Å²) in [6, 6.07) is 7.94. The zero-order chi connectivity index (χ0) is 20.7. The summed E-state index contributed by atoms with van der Waals surface area (Å²) in [5.41, 5.74) is 0. The SMILES string of the molecule is CS(=O)(=O)[C@@H]1C[C@@H](C(=O)O)N(C(=O)CNC(=O)CCCOc2ccccc2)C1. The molecule has 2 rings (SSSR count). The van der Waals surface area contributed by atoms with Crippen LogP contribution < -0.4 is 10.1 Å². The number of carbonyl (C=O) groups excluding carboxylic acids is 2. The molecule has 0 bridgehead atoms. The first-order valence-electron chi connectivity index (χ1n) is 8.84. The highest BCUT2D eigenvalue weighted by atomic mass is 32.2. The molecule has 1 heterocycles. The number of hydrogen-bond acceptors (Lipinski definition) is 6. The van der Waals surface area contributed by atoms with Gasteiger partial charge >= 0.3 is 5.97 Å². The molecule has 1 aromatic carbocycles. The lowest BCUT2D eigenvalue weighted by atomic mass is 10.2. The zero-order valence-corrected chi connectivity index (χ0v) is 16.4. The van der Waals surface area contributed by atoms with Crippen molar-refractivity contribution in [3.8, 4) is 5.75 Å². The van der Waals surface area contributed by atoms with E-state index in [1.807, 2.05) is 18.2 Å². The van der Waals surface area contributed by atoms with E-state index in [9.17, 15) is 27.9 Å². The molecule has 1 aromatic rings. The predicted octanol–water partition coefficient (Wildman–Crippen LogP) is 0.0605. The molecule has 1 aliphatic rings. The maximum absolute atomic E-state index is 12.3. The zero-order valence-electron chi connectivity index (χ0n) is 15.5. The molecule has 1 fully saturated rings. The molecule has 0 unspecified atom stereocenters. The first kappa shape index (κ1) is 21.7. The van der Waals surface area contributed by atoms with Gasteiger partial charge in [0, 0.05) is 19.2 Å². The number of likely N-dealkylation sites (tertiary alicyclic amines) is 1. The van der Waals surface area contributed by atoms with Gasteiger partial charge in [0.2, 0.25) is 11.8 Å². The fraction of sp³-hybridized carbons (Fsp3) is 0.500. The molecule has 1 saturated heterocycles. The molecule has 0 aliphatic carbocycles. The van der Waals surface area contributed by atoms with E-state index in [2.05, 4.69) is 5.32 Å². The molecule has 2 atom stereocenters. The number of amides is 2. The van der Waals surface area contributed by atoms with E-state index in [1.165, 1.54) is 0 Å². The van der Waals surface area contributed by atoms with Crippen molar-refractivity contribution in [3.63, 3.8) is 0 Å².